The second kappa shape index (κ2) is 5.61. The van der Waals surface area contributed by atoms with Gasteiger partial charge >= 0.3 is 0 Å². The van der Waals surface area contributed by atoms with Gasteiger partial charge in [0.05, 0.1) is 5.69 Å². The van der Waals surface area contributed by atoms with Gasteiger partial charge in [-0.3, -0.25) is 15.0 Å². The molecular formula is C15H11IN2O2S. The Balaban J connectivity index is 1.92. The summed E-state index contributed by atoms with van der Waals surface area (Å²) in [5.74, 6) is -0.697. The average molecular weight is 410 g/mol. The van der Waals surface area contributed by atoms with Crippen LogP contribution in [0.25, 0.3) is 6.08 Å². The fourth-order valence-corrected chi connectivity index (χ4v) is 3.18. The van der Waals surface area contributed by atoms with Crippen LogP contribution in [0.1, 0.15) is 9.75 Å². The lowest BCUT2D eigenvalue weighted by Crippen LogP contribution is -2.35. The molecule has 6 heteroatoms. The Labute approximate surface area is 139 Å². The number of anilines is 1. The molecule has 1 aromatic heterocycles. The van der Waals surface area contributed by atoms with E-state index in [1.807, 2.05) is 31.2 Å². The van der Waals surface area contributed by atoms with Crippen LogP contribution in [-0.2, 0) is 9.59 Å². The molecular weight excluding hydrogens is 399 g/mol. The highest BCUT2D eigenvalue weighted by Gasteiger charge is 2.34. The molecule has 106 valence electrons. The molecule has 1 N–H and O–H groups in total. The number of amides is 2. The van der Waals surface area contributed by atoms with E-state index in [4.69, 9.17) is 0 Å². The molecule has 21 heavy (non-hydrogen) atoms. The van der Waals surface area contributed by atoms with E-state index >= 15 is 0 Å². The van der Waals surface area contributed by atoms with Gasteiger partial charge in [-0.25, -0.2) is 5.01 Å². The summed E-state index contributed by atoms with van der Waals surface area (Å²) < 4.78 is 1.07. The largest absolute Gasteiger partial charge is 0.282 e. The van der Waals surface area contributed by atoms with Gasteiger partial charge in [0.1, 0.15) is 5.57 Å². The molecule has 1 aliphatic heterocycles. The topological polar surface area (TPSA) is 49.4 Å². The summed E-state index contributed by atoms with van der Waals surface area (Å²) >= 11 is 3.74. The Bertz CT molecular complexity index is 749. The van der Waals surface area contributed by atoms with Gasteiger partial charge in [-0.05, 0) is 72.0 Å². The van der Waals surface area contributed by atoms with E-state index in [0.29, 0.717) is 5.69 Å². The first-order chi connectivity index (χ1) is 10.0. The Morgan fingerprint density at radius 2 is 1.86 bits per heavy atom. The maximum absolute atomic E-state index is 12.4. The average Bonchev–Trinajstić information content (AvgIpc) is 2.98. The van der Waals surface area contributed by atoms with E-state index in [-0.39, 0.29) is 17.4 Å². The molecule has 0 atom stereocenters. The van der Waals surface area contributed by atoms with Crippen molar-refractivity contribution >= 4 is 57.5 Å². The highest BCUT2D eigenvalue weighted by atomic mass is 127. The van der Waals surface area contributed by atoms with Gasteiger partial charge in [-0.15, -0.1) is 11.3 Å². The third-order valence-corrected chi connectivity index (χ3v) is 4.69. The molecule has 2 aromatic rings. The van der Waals surface area contributed by atoms with Crippen LogP contribution in [0.3, 0.4) is 0 Å². The summed E-state index contributed by atoms with van der Waals surface area (Å²) in [4.78, 5) is 26.4. The molecule has 1 saturated heterocycles. The van der Waals surface area contributed by atoms with Crippen LogP contribution in [0.4, 0.5) is 5.69 Å². The maximum Gasteiger partial charge on any atom is 0.282 e. The summed E-state index contributed by atoms with van der Waals surface area (Å²) in [7, 11) is 0. The fraction of sp³-hybridized carbons (Fsp3) is 0.0667. The summed E-state index contributed by atoms with van der Waals surface area (Å²) in [5.41, 5.74) is 3.41. The number of halogens is 1. The molecule has 1 aromatic carbocycles. The summed E-state index contributed by atoms with van der Waals surface area (Å²) in [6, 6.07) is 11.3. The predicted octanol–water partition coefficient (Wildman–Crippen LogP) is 3.12. The molecule has 2 heterocycles. The van der Waals surface area contributed by atoms with Crippen LogP contribution in [0.2, 0.25) is 0 Å². The van der Waals surface area contributed by atoms with Crippen molar-refractivity contribution in [1.29, 1.82) is 0 Å². The number of nitrogens with one attached hydrogen (secondary N) is 1. The molecule has 1 fully saturated rings. The van der Waals surface area contributed by atoms with Crippen LogP contribution in [0.5, 0.6) is 0 Å². The fourth-order valence-electron chi connectivity index (χ4n) is 2.00. The van der Waals surface area contributed by atoms with Crippen molar-refractivity contribution in [1.82, 2.24) is 5.43 Å². The molecule has 0 spiro atoms. The number of rotatable bonds is 2. The summed E-state index contributed by atoms with van der Waals surface area (Å²) in [6.07, 6.45) is 1.64. The van der Waals surface area contributed by atoms with Crippen LogP contribution in [-0.4, -0.2) is 11.8 Å². The minimum Gasteiger partial charge on any atom is -0.267 e. The van der Waals surface area contributed by atoms with E-state index < -0.39 is 0 Å². The lowest BCUT2D eigenvalue weighted by Gasteiger charge is -2.14. The van der Waals surface area contributed by atoms with Gasteiger partial charge in [-0.2, -0.15) is 0 Å². The smallest absolute Gasteiger partial charge is 0.267 e. The first kappa shape index (κ1) is 14.3. The van der Waals surface area contributed by atoms with Crippen molar-refractivity contribution in [3.63, 3.8) is 0 Å². The molecule has 0 aliphatic carbocycles. The van der Waals surface area contributed by atoms with Gasteiger partial charge in [0.25, 0.3) is 11.8 Å². The number of hydrazine groups is 1. The second-order valence-corrected chi connectivity index (χ2v) is 7.13. The summed E-state index contributed by atoms with van der Waals surface area (Å²) in [6.45, 7) is 1.99. The normalized spacial score (nSPS) is 16.7. The van der Waals surface area contributed by atoms with Crippen molar-refractivity contribution in [2.45, 2.75) is 6.92 Å². The Morgan fingerprint density at radius 1 is 1.14 bits per heavy atom. The minimum atomic E-state index is -0.371. The van der Waals surface area contributed by atoms with Crippen molar-refractivity contribution in [3.05, 3.63) is 55.3 Å². The number of carbonyl (C=O) groups is 2. The Morgan fingerprint density at radius 3 is 2.48 bits per heavy atom. The number of carbonyl (C=O) groups excluding carboxylic acids is 2. The van der Waals surface area contributed by atoms with Crippen molar-refractivity contribution in [2.75, 3.05) is 5.01 Å². The van der Waals surface area contributed by atoms with Crippen molar-refractivity contribution in [3.8, 4) is 0 Å². The molecule has 0 radical (unpaired) electrons. The first-order valence-corrected chi connectivity index (χ1v) is 8.13. The molecule has 4 nitrogen and oxygen atoms in total. The summed E-state index contributed by atoms with van der Waals surface area (Å²) in [5, 5.41) is 1.28. The first-order valence-electron chi connectivity index (χ1n) is 6.24. The van der Waals surface area contributed by atoms with Gasteiger partial charge < -0.3 is 0 Å². The highest BCUT2D eigenvalue weighted by Crippen LogP contribution is 2.24. The van der Waals surface area contributed by atoms with Crippen LogP contribution in [0, 0.1) is 10.5 Å². The minimum absolute atomic E-state index is 0.162. The van der Waals surface area contributed by atoms with E-state index in [1.54, 1.807) is 29.5 Å². The molecule has 3 rings (SSSR count). The molecule has 0 saturated carbocycles. The van der Waals surface area contributed by atoms with Gasteiger partial charge in [-0.1, -0.05) is 0 Å². The molecule has 1 aliphatic rings. The number of aryl methyl sites for hydroxylation is 1. The van der Waals surface area contributed by atoms with Crippen LogP contribution in [0.15, 0.2) is 42.0 Å². The van der Waals surface area contributed by atoms with Gasteiger partial charge in [0, 0.05) is 13.3 Å². The van der Waals surface area contributed by atoms with Gasteiger partial charge in [0.15, 0.2) is 0 Å². The van der Waals surface area contributed by atoms with Gasteiger partial charge in [0.2, 0.25) is 0 Å². The number of hydrogen-bond acceptors (Lipinski definition) is 3. The third kappa shape index (κ3) is 2.86. The van der Waals surface area contributed by atoms with Crippen molar-refractivity contribution < 1.29 is 9.59 Å². The Kier molecular flexibility index (Phi) is 3.81. The molecule has 0 bridgehead atoms. The van der Waals surface area contributed by atoms with Crippen LogP contribution < -0.4 is 10.4 Å². The van der Waals surface area contributed by atoms with E-state index in [9.17, 15) is 9.59 Å². The number of nitrogens with zero attached hydrogens (tertiary/aromatic N) is 1. The molecule has 0 unspecified atom stereocenters. The second-order valence-electron chi connectivity index (χ2n) is 4.56. The predicted molar refractivity (Wildman–Crippen MR) is 91.8 cm³/mol. The SMILES string of the molecule is Cc1ccc(C=C2C(=O)NN(c3ccc(I)cc3)C2=O)s1. The Hall–Kier alpha value is -1.67. The maximum atomic E-state index is 12.4. The number of benzene rings is 1. The quantitative estimate of drug-likeness (QED) is 0.470. The third-order valence-electron chi connectivity index (χ3n) is 3.02. The standard InChI is InChI=1S/C15H11IN2O2S/c1-9-2-7-12(21-9)8-13-14(19)17-18(15(13)20)11-5-3-10(16)4-6-11/h2-8H,1H3,(H,17,19). The van der Waals surface area contributed by atoms with E-state index in [2.05, 4.69) is 28.0 Å². The lowest BCUT2D eigenvalue weighted by atomic mass is 10.2. The zero-order chi connectivity index (χ0) is 15.0. The van der Waals surface area contributed by atoms with E-state index in [0.717, 1.165) is 13.3 Å². The lowest BCUT2D eigenvalue weighted by molar-refractivity contribution is -0.117. The highest BCUT2D eigenvalue weighted by molar-refractivity contribution is 14.1. The van der Waals surface area contributed by atoms with Crippen LogP contribution >= 0.6 is 33.9 Å². The van der Waals surface area contributed by atoms with Crippen molar-refractivity contribution in [2.24, 2.45) is 0 Å². The zero-order valence-corrected chi connectivity index (χ0v) is 14.1. The van der Waals surface area contributed by atoms with E-state index in [1.165, 1.54) is 5.01 Å². The number of thiophene rings is 1. The zero-order valence-electron chi connectivity index (χ0n) is 11.1. The monoisotopic (exact) mass is 410 g/mol. The number of hydrogen-bond donors (Lipinski definition) is 1. The molecule has 2 amide bonds.